The van der Waals surface area contributed by atoms with Crippen molar-refractivity contribution in [2.75, 3.05) is 12.4 Å². The van der Waals surface area contributed by atoms with E-state index in [9.17, 15) is 22.4 Å². The maximum atomic E-state index is 14.1. The van der Waals surface area contributed by atoms with Crippen molar-refractivity contribution in [2.45, 2.75) is 70.8 Å². The van der Waals surface area contributed by atoms with Crippen LogP contribution in [0.15, 0.2) is 18.2 Å². The molecule has 1 aromatic rings. The van der Waals surface area contributed by atoms with Crippen molar-refractivity contribution in [3.63, 3.8) is 0 Å². The van der Waals surface area contributed by atoms with Gasteiger partial charge in [0.2, 0.25) is 21.8 Å². The first-order chi connectivity index (χ1) is 15.1. The maximum absolute atomic E-state index is 14.1. The van der Waals surface area contributed by atoms with Crippen LogP contribution in [0.25, 0.3) is 0 Å². The second-order valence-corrected chi connectivity index (χ2v) is 11.2. The third-order valence-electron chi connectivity index (χ3n) is 5.98. The van der Waals surface area contributed by atoms with E-state index in [0.717, 1.165) is 12.0 Å². The molecule has 178 valence electrons. The Kier molecular flexibility index (Phi) is 7.92. The van der Waals surface area contributed by atoms with Crippen LogP contribution in [-0.2, 0) is 25.2 Å². The van der Waals surface area contributed by atoms with Crippen LogP contribution in [0, 0.1) is 17.7 Å². The van der Waals surface area contributed by atoms with Crippen molar-refractivity contribution in [1.29, 1.82) is 0 Å². The van der Waals surface area contributed by atoms with Gasteiger partial charge in [-0.15, -0.1) is 0 Å². The Morgan fingerprint density at radius 1 is 1.22 bits per heavy atom. The predicted molar refractivity (Wildman–Crippen MR) is 119 cm³/mol. The average molecular weight is 469 g/mol. The third-order valence-corrected chi connectivity index (χ3v) is 7.50. The Labute approximate surface area is 189 Å². The lowest BCUT2D eigenvalue weighted by atomic mass is 9.92. The van der Waals surface area contributed by atoms with E-state index < -0.39 is 21.4 Å². The van der Waals surface area contributed by atoms with Gasteiger partial charge in [0.15, 0.2) is 11.6 Å². The number of ether oxygens (including phenoxy) is 1. The predicted octanol–water partition coefficient (Wildman–Crippen LogP) is 3.38. The van der Waals surface area contributed by atoms with E-state index in [1.807, 2.05) is 13.8 Å². The summed E-state index contributed by atoms with van der Waals surface area (Å²) in [5.74, 6) is -0.662. The van der Waals surface area contributed by atoms with E-state index in [1.165, 1.54) is 6.07 Å². The van der Waals surface area contributed by atoms with Gasteiger partial charge in [0, 0.05) is 12.3 Å². The first-order valence-electron chi connectivity index (χ1n) is 11.4. The Morgan fingerprint density at radius 2 is 1.97 bits per heavy atom. The van der Waals surface area contributed by atoms with Gasteiger partial charge >= 0.3 is 0 Å². The molecule has 3 rings (SSSR count). The fourth-order valence-electron chi connectivity index (χ4n) is 3.96. The Morgan fingerprint density at radius 3 is 2.62 bits per heavy atom. The SMILES string of the molecule is CC(C)COc1cc(C2(NS(=O)(=O)CCCCCC3CCC(=O)NC3=O)CC2)ccc1F. The molecule has 1 aliphatic carbocycles. The molecule has 2 N–H and O–H groups in total. The number of carbonyl (C=O) groups excluding carboxylic acids is 2. The molecule has 7 nitrogen and oxygen atoms in total. The fourth-order valence-corrected chi connectivity index (χ4v) is 5.57. The zero-order valence-corrected chi connectivity index (χ0v) is 19.6. The summed E-state index contributed by atoms with van der Waals surface area (Å²) in [6, 6.07) is 4.55. The molecule has 0 bridgehead atoms. The van der Waals surface area contributed by atoms with Gasteiger partial charge in [0.25, 0.3) is 0 Å². The van der Waals surface area contributed by atoms with Gasteiger partial charge in [-0.2, -0.15) is 0 Å². The van der Waals surface area contributed by atoms with Gasteiger partial charge in [-0.3, -0.25) is 14.9 Å². The molecular weight excluding hydrogens is 435 g/mol. The molecule has 32 heavy (non-hydrogen) atoms. The number of nitrogens with one attached hydrogen (secondary N) is 2. The van der Waals surface area contributed by atoms with Gasteiger partial charge in [-0.05, 0) is 55.7 Å². The van der Waals surface area contributed by atoms with E-state index >= 15 is 0 Å². The standard InChI is InChI=1S/C23H33FN2O5S/c1-16(2)15-31-20-14-18(8-9-19(20)24)23(11-12-23)26-32(29,30)13-5-3-4-6-17-7-10-21(27)25-22(17)28/h8-9,14,16-17,26H,3-7,10-13,15H2,1-2H3,(H,25,27,28). The highest BCUT2D eigenvalue weighted by molar-refractivity contribution is 7.89. The van der Waals surface area contributed by atoms with Gasteiger partial charge < -0.3 is 4.74 Å². The Bertz CT molecular complexity index is 944. The van der Waals surface area contributed by atoms with E-state index in [-0.39, 0.29) is 35.2 Å². The summed E-state index contributed by atoms with van der Waals surface area (Å²) in [5.41, 5.74) is 0.0361. The number of hydrogen-bond acceptors (Lipinski definition) is 5. The second-order valence-electron chi connectivity index (χ2n) is 9.35. The molecule has 1 unspecified atom stereocenters. The van der Waals surface area contributed by atoms with Crippen molar-refractivity contribution in [1.82, 2.24) is 10.0 Å². The summed E-state index contributed by atoms with van der Waals surface area (Å²) < 4.78 is 47.8. The smallest absolute Gasteiger partial charge is 0.229 e. The highest BCUT2D eigenvalue weighted by Gasteiger charge is 2.47. The summed E-state index contributed by atoms with van der Waals surface area (Å²) in [6.07, 6.45) is 4.83. The van der Waals surface area contributed by atoms with Crippen molar-refractivity contribution >= 4 is 21.8 Å². The minimum absolute atomic E-state index is 0.00198. The summed E-state index contributed by atoms with van der Waals surface area (Å²) in [6.45, 7) is 4.34. The molecule has 9 heteroatoms. The first kappa shape index (κ1) is 24.6. The Balaban J connectivity index is 1.48. The van der Waals surface area contributed by atoms with Crippen molar-refractivity contribution in [3.05, 3.63) is 29.6 Å². The van der Waals surface area contributed by atoms with Crippen LogP contribution in [0.4, 0.5) is 4.39 Å². The molecule has 2 aliphatic rings. The van der Waals surface area contributed by atoms with Crippen LogP contribution < -0.4 is 14.8 Å². The molecular formula is C23H33FN2O5S. The average Bonchev–Trinajstić information content (AvgIpc) is 3.48. The quantitative estimate of drug-likeness (QED) is 0.362. The van der Waals surface area contributed by atoms with E-state index in [4.69, 9.17) is 4.74 Å². The monoisotopic (exact) mass is 468 g/mol. The number of rotatable bonds is 12. The lowest BCUT2D eigenvalue weighted by molar-refractivity contribution is -0.136. The third kappa shape index (κ3) is 6.75. The molecule has 1 aliphatic heterocycles. The van der Waals surface area contributed by atoms with Gasteiger partial charge in [-0.1, -0.05) is 32.8 Å². The highest BCUT2D eigenvalue weighted by Crippen LogP contribution is 2.47. The number of hydrogen-bond donors (Lipinski definition) is 2. The highest BCUT2D eigenvalue weighted by atomic mass is 32.2. The molecule has 2 amide bonds. The lowest BCUT2D eigenvalue weighted by Crippen LogP contribution is -2.40. The summed E-state index contributed by atoms with van der Waals surface area (Å²) >= 11 is 0. The molecule has 0 spiro atoms. The molecule has 1 heterocycles. The molecule has 1 aromatic carbocycles. The maximum Gasteiger partial charge on any atom is 0.229 e. The summed E-state index contributed by atoms with van der Waals surface area (Å²) in [4.78, 5) is 23.0. The van der Waals surface area contributed by atoms with E-state index in [0.29, 0.717) is 51.6 Å². The van der Waals surface area contributed by atoms with Gasteiger partial charge in [-0.25, -0.2) is 17.5 Å². The first-order valence-corrected chi connectivity index (χ1v) is 13.0. The number of benzene rings is 1. The molecule has 0 radical (unpaired) electrons. The summed E-state index contributed by atoms with van der Waals surface area (Å²) in [5, 5.41) is 2.35. The number of imide groups is 1. The zero-order chi connectivity index (χ0) is 23.4. The number of carbonyl (C=O) groups is 2. The van der Waals surface area contributed by atoms with Crippen LogP contribution in [-0.4, -0.2) is 32.6 Å². The zero-order valence-electron chi connectivity index (χ0n) is 18.8. The number of unbranched alkanes of at least 4 members (excludes halogenated alkanes) is 2. The van der Waals surface area contributed by atoms with Crippen LogP contribution in [0.5, 0.6) is 5.75 Å². The molecule has 1 saturated heterocycles. The minimum atomic E-state index is -3.51. The number of halogens is 1. The van der Waals surface area contributed by atoms with Crippen molar-refractivity contribution in [3.8, 4) is 5.75 Å². The Hall–Kier alpha value is -2.00. The summed E-state index contributed by atoms with van der Waals surface area (Å²) in [7, 11) is -3.51. The lowest BCUT2D eigenvalue weighted by Gasteiger charge is -2.21. The molecule has 2 fully saturated rings. The number of piperidine rings is 1. The van der Waals surface area contributed by atoms with Crippen LogP contribution in [0.3, 0.4) is 0 Å². The molecule has 1 saturated carbocycles. The van der Waals surface area contributed by atoms with Crippen molar-refractivity contribution in [2.24, 2.45) is 11.8 Å². The van der Waals surface area contributed by atoms with Crippen molar-refractivity contribution < 1.29 is 27.1 Å². The van der Waals surface area contributed by atoms with Crippen LogP contribution in [0.2, 0.25) is 0 Å². The van der Waals surface area contributed by atoms with Crippen LogP contribution >= 0.6 is 0 Å². The normalized spacial score (nSPS) is 20.3. The topological polar surface area (TPSA) is 102 Å². The second kappa shape index (κ2) is 10.3. The van der Waals surface area contributed by atoms with E-state index in [2.05, 4.69) is 10.0 Å². The minimum Gasteiger partial charge on any atom is -0.490 e. The van der Waals surface area contributed by atoms with Crippen LogP contribution in [0.1, 0.15) is 70.8 Å². The number of amides is 2. The van der Waals surface area contributed by atoms with E-state index in [1.54, 1.807) is 12.1 Å². The fraction of sp³-hybridized carbons (Fsp3) is 0.652. The number of sulfonamides is 1. The molecule has 0 aromatic heterocycles. The largest absolute Gasteiger partial charge is 0.490 e. The molecule has 1 atom stereocenters. The van der Waals surface area contributed by atoms with Gasteiger partial charge in [0.1, 0.15) is 0 Å². The van der Waals surface area contributed by atoms with Gasteiger partial charge in [0.05, 0.1) is 17.9 Å².